The lowest BCUT2D eigenvalue weighted by molar-refractivity contribution is -0.122. The predicted molar refractivity (Wildman–Crippen MR) is 68.8 cm³/mol. The summed E-state index contributed by atoms with van der Waals surface area (Å²) in [7, 11) is 1.57. The number of methoxy groups -OCH3 is 1. The van der Waals surface area contributed by atoms with Gasteiger partial charge in [-0.1, -0.05) is 37.3 Å². The molecule has 3 heteroatoms. The minimum Gasteiger partial charge on any atom is -0.501 e. The number of aliphatic hydroxyl groups is 1. The Morgan fingerprint density at radius 3 is 2.56 bits per heavy atom. The highest BCUT2D eigenvalue weighted by molar-refractivity contribution is 5.95. The molecule has 1 aromatic rings. The Morgan fingerprint density at radius 1 is 1.33 bits per heavy atom. The molecule has 0 radical (unpaired) electrons. The number of carbonyl (C=O) groups is 1. The van der Waals surface area contributed by atoms with Gasteiger partial charge in [-0.05, 0) is 12.0 Å². The normalized spacial score (nSPS) is 24.8. The Balaban J connectivity index is 2.26. The molecule has 0 heterocycles. The molecule has 3 atom stereocenters. The summed E-state index contributed by atoms with van der Waals surface area (Å²) in [4.78, 5) is 12.0. The van der Waals surface area contributed by atoms with E-state index in [0.717, 1.165) is 12.0 Å². The molecule has 0 aromatic heterocycles. The molecule has 0 aliphatic heterocycles. The lowest BCUT2D eigenvalue weighted by Crippen LogP contribution is -2.25. The summed E-state index contributed by atoms with van der Waals surface area (Å²) in [5.74, 6) is 0.183. The number of carbonyl (C=O) groups excluding carboxylic acids is 1. The van der Waals surface area contributed by atoms with Crippen LogP contribution in [0.2, 0.25) is 0 Å². The average molecular weight is 246 g/mol. The maximum Gasteiger partial charge on any atom is 0.165 e. The van der Waals surface area contributed by atoms with Crippen molar-refractivity contribution in [1.82, 2.24) is 0 Å². The molecule has 96 valence electrons. The molecule has 0 saturated carbocycles. The van der Waals surface area contributed by atoms with Crippen LogP contribution < -0.4 is 0 Å². The fourth-order valence-electron chi connectivity index (χ4n) is 2.62. The average Bonchev–Trinajstić information content (AvgIpc) is 2.74. The standard InChI is InChI=1S/C15H18O3/c1-3-11-13(18-2)9-12(16)14(11)15(17)10-7-5-4-6-8-10/h4-9,11,14-15,17H,3H2,1-2H3/t11-,14+,15-/m0/s1. The second-order valence-corrected chi connectivity index (χ2v) is 4.55. The highest BCUT2D eigenvalue weighted by Gasteiger charge is 2.41. The van der Waals surface area contributed by atoms with Crippen molar-refractivity contribution in [2.24, 2.45) is 11.8 Å². The number of aliphatic hydroxyl groups excluding tert-OH is 1. The lowest BCUT2D eigenvalue weighted by Gasteiger charge is -2.24. The van der Waals surface area contributed by atoms with Gasteiger partial charge >= 0.3 is 0 Å². The molecular formula is C15H18O3. The summed E-state index contributed by atoms with van der Waals surface area (Å²) in [6, 6.07) is 9.31. The molecule has 2 rings (SSSR count). The molecule has 0 unspecified atom stereocenters. The second-order valence-electron chi connectivity index (χ2n) is 4.55. The fourth-order valence-corrected chi connectivity index (χ4v) is 2.62. The van der Waals surface area contributed by atoms with Gasteiger partial charge in [0.25, 0.3) is 0 Å². The van der Waals surface area contributed by atoms with E-state index in [-0.39, 0.29) is 11.7 Å². The molecule has 18 heavy (non-hydrogen) atoms. The first kappa shape index (κ1) is 12.8. The number of allylic oxidation sites excluding steroid dienone is 2. The Bertz CT molecular complexity index is 450. The predicted octanol–water partition coefficient (Wildman–Crippen LogP) is 2.48. The summed E-state index contributed by atoms with van der Waals surface area (Å²) < 4.78 is 5.23. The monoisotopic (exact) mass is 246 g/mol. The Hall–Kier alpha value is -1.61. The summed E-state index contributed by atoms with van der Waals surface area (Å²) in [6.45, 7) is 2.00. The smallest absolute Gasteiger partial charge is 0.165 e. The number of hydrogen-bond acceptors (Lipinski definition) is 3. The highest BCUT2D eigenvalue weighted by atomic mass is 16.5. The van der Waals surface area contributed by atoms with Gasteiger partial charge in [-0.25, -0.2) is 0 Å². The maximum atomic E-state index is 12.0. The molecule has 0 bridgehead atoms. The van der Waals surface area contributed by atoms with Gasteiger partial charge in [0.1, 0.15) is 5.76 Å². The van der Waals surface area contributed by atoms with Crippen LogP contribution in [0.1, 0.15) is 25.0 Å². The number of ketones is 1. The van der Waals surface area contributed by atoms with Crippen LogP contribution in [0.3, 0.4) is 0 Å². The van der Waals surface area contributed by atoms with Crippen molar-refractivity contribution in [3.05, 3.63) is 47.7 Å². The van der Waals surface area contributed by atoms with Crippen LogP contribution in [0.4, 0.5) is 0 Å². The van der Waals surface area contributed by atoms with Gasteiger partial charge in [-0.15, -0.1) is 0 Å². The Morgan fingerprint density at radius 2 is 2.00 bits per heavy atom. The van der Waals surface area contributed by atoms with Gasteiger partial charge in [0, 0.05) is 12.0 Å². The second kappa shape index (κ2) is 5.36. The van der Waals surface area contributed by atoms with Gasteiger partial charge in [0.2, 0.25) is 0 Å². The minimum absolute atomic E-state index is 0.0299. The third-order valence-electron chi connectivity index (χ3n) is 3.57. The van der Waals surface area contributed by atoms with Crippen LogP contribution >= 0.6 is 0 Å². The van der Waals surface area contributed by atoms with Gasteiger partial charge in [0.05, 0.1) is 19.1 Å². The van der Waals surface area contributed by atoms with Crippen molar-refractivity contribution < 1.29 is 14.6 Å². The van der Waals surface area contributed by atoms with Gasteiger partial charge in [0.15, 0.2) is 5.78 Å². The quantitative estimate of drug-likeness (QED) is 0.887. The molecular weight excluding hydrogens is 228 g/mol. The molecule has 0 saturated heterocycles. The zero-order chi connectivity index (χ0) is 13.1. The van der Waals surface area contributed by atoms with Gasteiger partial charge in [-0.3, -0.25) is 4.79 Å². The van der Waals surface area contributed by atoms with Crippen molar-refractivity contribution in [2.45, 2.75) is 19.4 Å². The number of ether oxygens (including phenoxy) is 1. The first-order valence-corrected chi connectivity index (χ1v) is 6.21. The van der Waals surface area contributed by atoms with Crippen molar-refractivity contribution in [3.8, 4) is 0 Å². The zero-order valence-electron chi connectivity index (χ0n) is 10.7. The Labute approximate surface area is 107 Å². The van der Waals surface area contributed by atoms with Crippen molar-refractivity contribution in [3.63, 3.8) is 0 Å². The first-order chi connectivity index (χ1) is 8.69. The molecule has 1 aliphatic carbocycles. The lowest BCUT2D eigenvalue weighted by atomic mass is 9.84. The summed E-state index contributed by atoms with van der Waals surface area (Å²) >= 11 is 0. The number of hydrogen-bond donors (Lipinski definition) is 1. The zero-order valence-corrected chi connectivity index (χ0v) is 10.7. The van der Waals surface area contributed by atoms with E-state index >= 15 is 0 Å². The van der Waals surface area contributed by atoms with E-state index in [0.29, 0.717) is 5.76 Å². The minimum atomic E-state index is -0.771. The summed E-state index contributed by atoms with van der Waals surface area (Å²) in [5, 5.41) is 10.4. The van der Waals surface area contributed by atoms with Crippen LogP contribution in [-0.4, -0.2) is 18.0 Å². The van der Waals surface area contributed by atoms with Crippen LogP contribution in [-0.2, 0) is 9.53 Å². The van der Waals surface area contributed by atoms with Gasteiger partial charge in [-0.2, -0.15) is 0 Å². The van der Waals surface area contributed by atoms with Crippen molar-refractivity contribution >= 4 is 5.78 Å². The van der Waals surface area contributed by atoms with E-state index in [1.54, 1.807) is 7.11 Å². The maximum absolute atomic E-state index is 12.0. The van der Waals surface area contributed by atoms with E-state index in [2.05, 4.69) is 0 Å². The highest BCUT2D eigenvalue weighted by Crippen LogP contribution is 2.40. The third-order valence-corrected chi connectivity index (χ3v) is 3.57. The molecule has 1 N–H and O–H groups in total. The van der Waals surface area contributed by atoms with E-state index in [1.165, 1.54) is 6.08 Å². The van der Waals surface area contributed by atoms with E-state index < -0.39 is 12.0 Å². The molecule has 0 spiro atoms. The van der Waals surface area contributed by atoms with Crippen molar-refractivity contribution in [2.75, 3.05) is 7.11 Å². The molecule has 0 amide bonds. The molecule has 3 nitrogen and oxygen atoms in total. The molecule has 1 aromatic carbocycles. The summed E-state index contributed by atoms with van der Waals surface area (Å²) in [6.07, 6.45) is 1.53. The summed E-state index contributed by atoms with van der Waals surface area (Å²) in [5.41, 5.74) is 0.778. The molecule has 1 aliphatic rings. The number of rotatable bonds is 4. The van der Waals surface area contributed by atoms with E-state index in [1.807, 2.05) is 37.3 Å². The van der Waals surface area contributed by atoms with Crippen LogP contribution in [0.15, 0.2) is 42.2 Å². The fraction of sp³-hybridized carbons (Fsp3) is 0.400. The van der Waals surface area contributed by atoms with Gasteiger partial charge < -0.3 is 9.84 Å². The topological polar surface area (TPSA) is 46.5 Å². The largest absolute Gasteiger partial charge is 0.501 e. The van der Waals surface area contributed by atoms with Crippen molar-refractivity contribution in [1.29, 1.82) is 0 Å². The van der Waals surface area contributed by atoms with Crippen LogP contribution in [0, 0.1) is 11.8 Å². The number of benzene rings is 1. The van der Waals surface area contributed by atoms with E-state index in [4.69, 9.17) is 4.74 Å². The van der Waals surface area contributed by atoms with Crippen LogP contribution in [0.5, 0.6) is 0 Å². The molecule has 0 fully saturated rings. The third kappa shape index (κ3) is 2.18. The Kier molecular flexibility index (Phi) is 3.82. The SMILES string of the molecule is CC[C@H]1C(OC)=CC(=O)[C@@H]1[C@@H](O)c1ccccc1. The van der Waals surface area contributed by atoms with Crippen LogP contribution in [0.25, 0.3) is 0 Å². The van der Waals surface area contributed by atoms with E-state index in [9.17, 15) is 9.90 Å². The first-order valence-electron chi connectivity index (χ1n) is 6.21.